The van der Waals surface area contributed by atoms with Crippen LogP contribution in [0.5, 0.6) is 0 Å². The Morgan fingerprint density at radius 2 is 1.90 bits per heavy atom. The normalized spacial score (nSPS) is 21.2. The molecule has 0 unspecified atom stereocenters. The molecule has 2 aliphatic rings. The Kier molecular flexibility index (Phi) is 4.62. The molecule has 1 saturated heterocycles. The molecular weight excluding hydrogens is 395 g/mol. The van der Waals surface area contributed by atoms with Crippen molar-refractivity contribution in [2.75, 3.05) is 4.90 Å². The van der Waals surface area contributed by atoms with E-state index in [2.05, 4.69) is 39.7 Å². The highest BCUT2D eigenvalue weighted by atomic mass is 32.1. The molecule has 1 N–H and O–H groups in total. The maximum atomic E-state index is 14.0. The van der Waals surface area contributed by atoms with Crippen LogP contribution < -0.4 is 10.2 Å². The van der Waals surface area contributed by atoms with Crippen LogP contribution in [0.1, 0.15) is 59.2 Å². The molecule has 1 aromatic carbocycles. The zero-order valence-electron chi connectivity index (χ0n) is 17.4. The van der Waals surface area contributed by atoms with Gasteiger partial charge in [0.15, 0.2) is 5.11 Å². The third-order valence-corrected chi connectivity index (χ3v) is 6.59. The van der Waals surface area contributed by atoms with Gasteiger partial charge in [0.1, 0.15) is 5.82 Å². The van der Waals surface area contributed by atoms with Crippen LogP contribution in [0.25, 0.3) is 0 Å². The highest BCUT2D eigenvalue weighted by Crippen LogP contribution is 2.46. The lowest BCUT2D eigenvalue weighted by Gasteiger charge is -2.28. The van der Waals surface area contributed by atoms with Gasteiger partial charge in [0, 0.05) is 29.3 Å². The number of aryl methyl sites for hydroxylation is 2. The molecule has 3 heterocycles. The fraction of sp³-hybridized carbons (Fsp3) is 0.333. The van der Waals surface area contributed by atoms with Crippen LogP contribution in [-0.4, -0.2) is 14.7 Å². The number of benzene rings is 1. The van der Waals surface area contributed by atoms with Crippen LogP contribution in [0.2, 0.25) is 0 Å². The topological polar surface area (TPSA) is 33.1 Å². The first-order valence-corrected chi connectivity index (χ1v) is 10.8. The second-order valence-corrected chi connectivity index (χ2v) is 8.74. The second kappa shape index (κ2) is 7.20. The number of anilines is 1. The monoisotopic (exact) mass is 420 g/mol. The first-order chi connectivity index (χ1) is 14.5. The molecule has 0 radical (unpaired) electrons. The van der Waals surface area contributed by atoms with E-state index in [1.165, 1.54) is 35.9 Å². The largest absolute Gasteiger partial charge is 0.351 e. The Labute approximate surface area is 181 Å². The van der Waals surface area contributed by atoms with Gasteiger partial charge in [-0.1, -0.05) is 6.07 Å². The van der Waals surface area contributed by atoms with Crippen molar-refractivity contribution >= 4 is 23.0 Å². The summed E-state index contributed by atoms with van der Waals surface area (Å²) in [6, 6.07) is 13.9. The van der Waals surface area contributed by atoms with Crippen LogP contribution >= 0.6 is 12.2 Å². The second-order valence-electron chi connectivity index (χ2n) is 8.36. The predicted molar refractivity (Wildman–Crippen MR) is 121 cm³/mol. The summed E-state index contributed by atoms with van der Waals surface area (Å²) >= 11 is 5.79. The summed E-state index contributed by atoms with van der Waals surface area (Å²) < 4.78 is 16.4. The standard InChI is InChI=1S/C24H25FN4S/c1-14-12-18(9-10-20(14)25)29-23(19-13-15(2)28(16(19)3)17-7-8-17)22(27-24(29)30)21-6-4-5-11-26-21/h4-6,9-13,17,22-23H,7-8H2,1-3H3,(H,27,30)/t22-,23-/m0/s1. The van der Waals surface area contributed by atoms with E-state index in [0.29, 0.717) is 16.7 Å². The van der Waals surface area contributed by atoms with Crippen molar-refractivity contribution in [3.8, 4) is 0 Å². The van der Waals surface area contributed by atoms with Crippen molar-refractivity contribution in [3.05, 3.63) is 82.7 Å². The van der Waals surface area contributed by atoms with E-state index in [9.17, 15) is 4.39 Å². The van der Waals surface area contributed by atoms with Crippen LogP contribution in [0.4, 0.5) is 10.1 Å². The molecule has 1 saturated carbocycles. The third kappa shape index (κ3) is 3.10. The Bertz CT molecular complexity index is 1120. The van der Waals surface area contributed by atoms with E-state index in [1.54, 1.807) is 6.92 Å². The smallest absolute Gasteiger partial charge is 0.174 e. The molecule has 1 aliphatic carbocycles. The van der Waals surface area contributed by atoms with Gasteiger partial charge in [-0.15, -0.1) is 0 Å². The Morgan fingerprint density at radius 3 is 2.57 bits per heavy atom. The van der Waals surface area contributed by atoms with Crippen molar-refractivity contribution in [2.24, 2.45) is 0 Å². The number of aromatic nitrogens is 2. The molecule has 2 fully saturated rings. The third-order valence-electron chi connectivity index (χ3n) is 6.27. The van der Waals surface area contributed by atoms with Crippen LogP contribution in [0, 0.1) is 26.6 Å². The summed E-state index contributed by atoms with van der Waals surface area (Å²) in [7, 11) is 0. The molecule has 4 nitrogen and oxygen atoms in total. The van der Waals surface area contributed by atoms with E-state index in [-0.39, 0.29) is 17.9 Å². The van der Waals surface area contributed by atoms with Crippen LogP contribution in [0.3, 0.4) is 0 Å². The molecule has 1 aliphatic heterocycles. The van der Waals surface area contributed by atoms with E-state index in [0.717, 1.165) is 11.4 Å². The van der Waals surface area contributed by atoms with Crippen molar-refractivity contribution in [2.45, 2.75) is 51.7 Å². The number of hydrogen-bond acceptors (Lipinski definition) is 2. The first kappa shape index (κ1) is 19.2. The van der Waals surface area contributed by atoms with Crippen molar-refractivity contribution in [1.29, 1.82) is 0 Å². The summed E-state index contributed by atoms with van der Waals surface area (Å²) in [5.74, 6) is -0.207. The quantitative estimate of drug-likeness (QED) is 0.568. The van der Waals surface area contributed by atoms with Gasteiger partial charge < -0.3 is 14.8 Å². The summed E-state index contributed by atoms with van der Waals surface area (Å²) in [5, 5.41) is 4.13. The Balaban J connectivity index is 1.67. The van der Waals surface area contributed by atoms with E-state index in [1.807, 2.05) is 36.5 Å². The molecule has 0 bridgehead atoms. The minimum atomic E-state index is -0.207. The number of pyridine rings is 1. The maximum Gasteiger partial charge on any atom is 0.174 e. The van der Waals surface area contributed by atoms with Crippen molar-refractivity contribution in [3.63, 3.8) is 0 Å². The summed E-state index contributed by atoms with van der Waals surface area (Å²) in [4.78, 5) is 6.75. The molecule has 0 amide bonds. The molecule has 0 spiro atoms. The average Bonchev–Trinajstić information content (AvgIpc) is 3.44. The van der Waals surface area contributed by atoms with Crippen molar-refractivity contribution in [1.82, 2.24) is 14.9 Å². The molecule has 2 aromatic heterocycles. The minimum absolute atomic E-state index is 0.0593. The van der Waals surface area contributed by atoms with Crippen LogP contribution in [-0.2, 0) is 0 Å². The van der Waals surface area contributed by atoms with E-state index < -0.39 is 0 Å². The Hall–Kier alpha value is -2.73. The van der Waals surface area contributed by atoms with Crippen molar-refractivity contribution < 1.29 is 4.39 Å². The minimum Gasteiger partial charge on any atom is -0.351 e. The first-order valence-electron chi connectivity index (χ1n) is 10.4. The fourth-order valence-corrected chi connectivity index (χ4v) is 5.07. The highest BCUT2D eigenvalue weighted by Gasteiger charge is 2.43. The van der Waals surface area contributed by atoms with Gasteiger partial charge >= 0.3 is 0 Å². The number of rotatable bonds is 4. The summed E-state index contributed by atoms with van der Waals surface area (Å²) in [5.41, 5.74) is 6.24. The molecular formula is C24H25FN4S. The number of nitrogens with one attached hydrogen (secondary N) is 1. The van der Waals surface area contributed by atoms with Gasteiger partial charge in [-0.05, 0) is 93.4 Å². The zero-order valence-corrected chi connectivity index (χ0v) is 18.2. The lowest BCUT2D eigenvalue weighted by Crippen LogP contribution is -2.29. The van der Waals surface area contributed by atoms with Gasteiger partial charge in [-0.2, -0.15) is 0 Å². The van der Waals surface area contributed by atoms with Crippen LogP contribution in [0.15, 0.2) is 48.7 Å². The van der Waals surface area contributed by atoms with Gasteiger partial charge in [-0.3, -0.25) is 4.98 Å². The number of nitrogens with zero attached hydrogens (tertiary/aromatic N) is 3. The molecule has 30 heavy (non-hydrogen) atoms. The average molecular weight is 421 g/mol. The zero-order chi connectivity index (χ0) is 21.0. The Morgan fingerprint density at radius 1 is 1.10 bits per heavy atom. The SMILES string of the molecule is Cc1cc(N2C(=S)N[C@@H](c3ccccn3)[C@@H]2c2cc(C)n(C3CC3)c2C)ccc1F. The van der Waals surface area contributed by atoms with Gasteiger partial charge in [0.05, 0.1) is 17.8 Å². The molecule has 6 heteroatoms. The fourth-order valence-electron chi connectivity index (χ4n) is 4.72. The molecule has 154 valence electrons. The lowest BCUT2D eigenvalue weighted by molar-refractivity contribution is 0.561. The predicted octanol–water partition coefficient (Wildman–Crippen LogP) is 5.46. The number of halogens is 1. The summed E-state index contributed by atoms with van der Waals surface area (Å²) in [6.45, 7) is 6.17. The van der Waals surface area contributed by atoms with E-state index >= 15 is 0 Å². The van der Waals surface area contributed by atoms with Gasteiger partial charge in [-0.25, -0.2) is 4.39 Å². The molecule has 3 aromatic rings. The van der Waals surface area contributed by atoms with Gasteiger partial charge in [0.25, 0.3) is 0 Å². The number of hydrogen-bond donors (Lipinski definition) is 1. The highest BCUT2D eigenvalue weighted by molar-refractivity contribution is 7.80. The summed E-state index contributed by atoms with van der Waals surface area (Å²) in [6.07, 6.45) is 4.29. The van der Waals surface area contributed by atoms with Gasteiger partial charge in [0.2, 0.25) is 0 Å². The van der Waals surface area contributed by atoms with E-state index in [4.69, 9.17) is 12.2 Å². The molecule has 2 atom stereocenters. The maximum absolute atomic E-state index is 14.0. The lowest BCUT2D eigenvalue weighted by atomic mass is 9.96. The number of thiocarbonyl (C=S) groups is 1. The molecule has 5 rings (SSSR count).